The van der Waals surface area contributed by atoms with E-state index in [4.69, 9.17) is 9.66 Å². The largest absolute Gasteiger partial charge is 0.481 e. The fourth-order valence-corrected chi connectivity index (χ4v) is 2.32. The number of hydrogen-bond acceptors (Lipinski definition) is 3. The Labute approximate surface area is 83.9 Å². The van der Waals surface area contributed by atoms with Gasteiger partial charge in [-0.05, 0) is 6.42 Å². The zero-order valence-corrected chi connectivity index (χ0v) is 9.12. The zero-order valence-electron chi connectivity index (χ0n) is 8.30. The van der Waals surface area contributed by atoms with E-state index in [1.165, 1.54) is 6.92 Å². The van der Waals surface area contributed by atoms with Gasteiger partial charge in [0.2, 0.25) is 0 Å². The van der Waals surface area contributed by atoms with Crippen LogP contribution in [0.2, 0.25) is 0 Å². The lowest BCUT2D eigenvalue weighted by Gasteiger charge is -2.17. The molecule has 0 heterocycles. The molecule has 0 radical (unpaired) electrons. The molecule has 14 heavy (non-hydrogen) atoms. The fraction of sp³-hybridized carbons (Fsp3) is 0.875. The van der Waals surface area contributed by atoms with Gasteiger partial charge in [0, 0.05) is 0 Å². The van der Waals surface area contributed by atoms with E-state index in [1.54, 1.807) is 0 Å². The summed E-state index contributed by atoms with van der Waals surface area (Å²) in [5, 5.41) is 7.45. The van der Waals surface area contributed by atoms with Crippen molar-refractivity contribution in [3.63, 3.8) is 0 Å². The summed E-state index contributed by atoms with van der Waals surface area (Å²) >= 11 is 0. The van der Waals surface area contributed by atoms with Crippen molar-refractivity contribution in [2.24, 2.45) is 5.92 Å². The van der Waals surface area contributed by atoms with Gasteiger partial charge in [-0.2, -0.15) is 8.42 Å². The predicted molar refractivity (Wildman–Crippen MR) is 51.7 cm³/mol. The summed E-state index contributed by atoms with van der Waals surface area (Å²) in [7, 11) is -4.26. The first-order valence-corrected chi connectivity index (χ1v) is 6.00. The van der Waals surface area contributed by atoms with Gasteiger partial charge in [-0.1, -0.05) is 26.7 Å². The van der Waals surface area contributed by atoms with Crippen LogP contribution >= 0.6 is 0 Å². The Morgan fingerprint density at radius 1 is 1.43 bits per heavy atom. The summed E-state index contributed by atoms with van der Waals surface area (Å²) in [6.45, 7) is 3.16. The second-order valence-corrected chi connectivity index (χ2v) is 4.96. The van der Waals surface area contributed by atoms with Gasteiger partial charge in [0.1, 0.15) is 0 Å². The lowest BCUT2D eigenvalue weighted by molar-refractivity contribution is -0.141. The molecule has 0 aromatic rings. The summed E-state index contributed by atoms with van der Waals surface area (Å²) in [5.41, 5.74) is 0. The van der Waals surface area contributed by atoms with E-state index >= 15 is 0 Å². The van der Waals surface area contributed by atoms with Crippen LogP contribution in [0.5, 0.6) is 0 Å². The van der Waals surface area contributed by atoms with Gasteiger partial charge in [-0.3, -0.25) is 9.35 Å². The molecule has 2 atom stereocenters. The minimum absolute atomic E-state index is 0.183. The SMILES string of the molecule is CCCCC(C(C)C(=O)O)S(=O)(=O)O. The molecule has 0 saturated heterocycles. The molecule has 6 heteroatoms. The third-order valence-corrected chi connectivity index (χ3v) is 3.58. The Bertz CT molecular complexity index is 282. The van der Waals surface area contributed by atoms with Crippen molar-refractivity contribution in [3.8, 4) is 0 Å². The molecule has 0 aliphatic rings. The predicted octanol–water partition coefficient (Wildman–Crippen LogP) is 1.15. The molecule has 0 rings (SSSR count). The lowest BCUT2D eigenvalue weighted by Crippen LogP contribution is -2.32. The van der Waals surface area contributed by atoms with Crippen molar-refractivity contribution in [3.05, 3.63) is 0 Å². The maximum atomic E-state index is 10.9. The minimum Gasteiger partial charge on any atom is -0.481 e. The van der Waals surface area contributed by atoms with Crippen LogP contribution in [0.15, 0.2) is 0 Å². The van der Waals surface area contributed by atoms with Crippen molar-refractivity contribution in [2.45, 2.75) is 38.4 Å². The topological polar surface area (TPSA) is 91.7 Å². The molecule has 0 bridgehead atoms. The normalized spacial score (nSPS) is 16.2. The van der Waals surface area contributed by atoms with Crippen LogP contribution in [-0.4, -0.2) is 29.3 Å². The highest BCUT2D eigenvalue weighted by molar-refractivity contribution is 7.86. The van der Waals surface area contributed by atoms with Gasteiger partial charge in [-0.15, -0.1) is 0 Å². The Morgan fingerprint density at radius 2 is 1.93 bits per heavy atom. The van der Waals surface area contributed by atoms with Crippen molar-refractivity contribution < 1.29 is 22.9 Å². The van der Waals surface area contributed by atoms with Crippen LogP contribution in [0.25, 0.3) is 0 Å². The van der Waals surface area contributed by atoms with Crippen molar-refractivity contribution in [1.29, 1.82) is 0 Å². The third-order valence-electron chi connectivity index (χ3n) is 2.17. The molecule has 84 valence electrons. The van der Waals surface area contributed by atoms with E-state index in [1.807, 2.05) is 6.92 Å². The van der Waals surface area contributed by atoms with E-state index in [-0.39, 0.29) is 6.42 Å². The minimum atomic E-state index is -4.26. The summed E-state index contributed by atoms with van der Waals surface area (Å²) in [6.07, 6.45) is 1.53. The number of aliphatic carboxylic acids is 1. The number of hydrogen-bond donors (Lipinski definition) is 2. The number of carboxylic acid groups (broad SMARTS) is 1. The molecule has 0 amide bonds. The molecule has 0 aromatic heterocycles. The van der Waals surface area contributed by atoms with Crippen molar-refractivity contribution >= 4 is 16.1 Å². The second-order valence-electron chi connectivity index (χ2n) is 3.32. The quantitative estimate of drug-likeness (QED) is 0.660. The molecule has 0 saturated carbocycles. The second kappa shape index (κ2) is 5.31. The monoisotopic (exact) mass is 224 g/mol. The molecule has 5 nitrogen and oxygen atoms in total. The van der Waals surface area contributed by atoms with Crippen LogP contribution in [0.1, 0.15) is 33.1 Å². The summed E-state index contributed by atoms with van der Waals surface area (Å²) < 4.78 is 30.6. The molecule has 0 aromatic carbocycles. The van der Waals surface area contributed by atoms with Crippen molar-refractivity contribution in [1.82, 2.24) is 0 Å². The first kappa shape index (κ1) is 13.4. The summed E-state index contributed by atoms with van der Waals surface area (Å²) in [5.74, 6) is -2.28. The first-order valence-electron chi connectivity index (χ1n) is 4.49. The van der Waals surface area contributed by atoms with Crippen LogP contribution < -0.4 is 0 Å². The van der Waals surface area contributed by atoms with Gasteiger partial charge in [0.15, 0.2) is 0 Å². The maximum absolute atomic E-state index is 10.9. The Morgan fingerprint density at radius 3 is 2.21 bits per heavy atom. The standard InChI is InChI=1S/C8H16O5S/c1-3-4-5-7(14(11,12)13)6(2)8(9)10/h6-7H,3-5H2,1-2H3,(H,9,10)(H,11,12,13). The summed E-state index contributed by atoms with van der Waals surface area (Å²) in [6, 6.07) is 0. The van der Waals surface area contributed by atoms with Gasteiger partial charge >= 0.3 is 5.97 Å². The Kier molecular flexibility index (Phi) is 5.07. The van der Waals surface area contributed by atoms with Crippen molar-refractivity contribution in [2.75, 3.05) is 0 Å². The van der Waals surface area contributed by atoms with Gasteiger partial charge < -0.3 is 5.11 Å². The van der Waals surface area contributed by atoms with Gasteiger partial charge in [0.05, 0.1) is 11.2 Å². The van der Waals surface area contributed by atoms with Crippen LogP contribution in [0, 0.1) is 5.92 Å². The maximum Gasteiger partial charge on any atom is 0.307 e. The third kappa shape index (κ3) is 4.06. The first-order chi connectivity index (χ1) is 6.30. The molecule has 2 unspecified atom stereocenters. The molecule has 0 aliphatic carbocycles. The molecule has 0 aliphatic heterocycles. The molecular formula is C8H16O5S. The number of rotatable bonds is 6. The van der Waals surface area contributed by atoms with Gasteiger partial charge in [0.25, 0.3) is 10.1 Å². The zero-order chi connectivity index (χ0) is 11.4. The Hall–Kier alpha value is -0.620. The number of unbranched alkanes of at least 4 members (excludes halogenated alkanes) is 1. The molecule has 0 spiro atoms. The highest BCUT2D eigenvalue weighted by Crippen LogP contribution is 2.18. The molecule has 0 fully saturated rings. The highest BCUT2D eigenvalue weighted by Gasteiger charge is 2.32. The fourth-order valence-electron chi connectivity index (χ4n) is 1.22. The van der Waals surface area contributed by atoms with E-state index in [0.717, 1.165) is 6.42 Å². The smallest absolute Gasteiger partial charge is 0.307 e. The average Bonchev–Trinajstić information content (AvgIpc) is 2.02. The average molecular weight is 224 g/mol. The van der Waals surface area contributed by atoms with Crippen LogP contribution in [0.4, 0.5) is 0 Å². The van der Waals surface area contributed by atoms with Crippen LogP contribution in [-0.2, 0) is 14.9 Å². The highest BCUT2D eigenvalue weighted by atomic mass is 32.2. The van der Waals surface area contributed by atoms with E-state index in [9.17, 15) is 13.2 Å². The van der Waals surface area contributed by atoms with E-state index in [0.29, 0.717) is 6.42 Å². The van der Waals surface area contributed by atoms with Gasteiger partial charge in [-0.25, -0.2) is 0 Å². The summed E-state index contributed by atoms with van der Waals surface area (Å²) in [4.78, 5) is 10.6. The van der Waals surface area contributed by atoms with Crippen LogP contribution in [0.3, 0.4) is 0 Å². The number of carbonyl (C=O) groups is 1. The lowest BCUT2D eigenvalue weighted by atomic mass is 10.0. The molecule has 2 N–H and O–H groups in total. The number of carboxylic acids is 1. The van der Waals surface area contributed by atoms with E-state index in [2.05, 4.69) is 0 Å². The molecular weight excluding hydrogens is 208 g/mol. The Balaban J connectivity index is 4.65. The van der Waals surface area contributed by atoms with E-state index < -0.39 is 27.3 Å².